The quantitative estimate of drug-likeness (QED) is 0.826. The maximum absolute atomic E-state index is 12.3. The lowest BCUT2D eigenvalue weighted by Gasteiger charge is -2.33. The first kappa shape index (κ1) is 17.4. The van der Waals surface area contributed by atoms with E-state index >= 15 is 0 Å². The Labute approximate surface area is 149 Å². The number of carbonyl (C=O) groups excluding carboxylic acids is 2. The van der Waals surface area contributed by atoms with Crippen LogP contribution in [0.3, 0.4) is 0 Å². The third kappa shape index (κ3) is 4.34. The summed E-state index contributed by atoms with van der Waals surface area (Å²) in [5.41, 5.74) is 1.16. The van der Waals surface area contributed by atoms with Crippen molar-refractivity contribution >= 4 is 29.1 Å². The average molecular weight is 364 g/mol. The molecule has 1 aliphatic heterocycles. The molecule has 0 aromatic carbocycles. The number of nitrogens with zero attached hydrogens (tertiary/aromatic N) is 4. The summed E-state index contributed by atoms with van der Waals surface area (Å²) in [6, 6.07) is 5.03. The number of hydrogen-bond acceptors (Lipinski definition) is 6. The summed E-state index contributed by atoms with van der Waals surface area (Å²) < 4.78 is 5.01. The molecule has 9 heteroatoms. The van der Waals surface area contributed by atoms with Crippen LogP contribution in [0.1, 0.15) is 16.2 Å². The molecular weight excluding hydrogens is 346 g/mol. The molecule has 0 radical (unpaired) electrons. The second-order valence-electron chi connectivity index (χ2n) is 5.79. The molecule has 1 N–H and O–H groups in total. The fourth-order valence-corrected chi connectivity index (χ4v) is 2.77. The van der Waals surface area contributed by atoms with Gasteiger partial charge in [-0.15, -0.1) is 0 Å². The highest BCUT2D eigenvalue weighted by atomic mass is 35.5. The van der Waals surface area contributed by atoms with Crippen LogP contribution in [0.25, 0.3) is 0 Å². The Morgan fingerprint density at radius 1 is 1.32 bits per heavy atom. The molecule has 1 saturated heterocycles. The van der Waals surface area contributed by atoms with Gasteiger partial charge in [-0.2, -0.15) is 0 Å². The molecule has 3 heterocycles. The zero-order valence-electron chi connectivity index (χ0n) is 13.7. The van der Waals surface area contributed by atoms with Crippen LogP contribution >= 0.6 is 11.6 Å². The SMILES string of the molecule is Cc1cc(C(=O)N2CCN(CC(=O)Nc3cccnc3Cl)CC2)on1. The predicted molar refractivity (Wildman–Crippen MR) is 91.5 cm³/mol. The number of halogens is 1. The number of hydrogen-bond donors (Lipinski definition) is 1. The summed E-state index contributed by atoms with van der Waals surface area (Å²) in [4.78, 5) is 32.0. The molecule has 8 nitrogen and oxygen atoms in total. The number of amides is 2. The predicted octanol–water partition coefficient (Wildman–Crippen LogP) is 1.43. The molecule has 2 aromatic heterocycles. The molecule has 0 atom stereocenters. The van der Waals surface area contributed by atoms with E-state index in [0.29, 0.717) is 37.6 Å². The number of piperazine rings is 1. The number of anilines is 1. The van der Waals surface area contributed by atoms with Crippen molar-refractivity contribution in [1.82, 2.24) is 19.9 Å². The minimum Gasteiger partial charge on any atom is -0.351 e. The molecule has 25 heavy (non-hydrogen) atoms. The second kappa shape index (κ2) is 7.62. The van der Waals surface area contributed by atoms with Gasteiger partial charge < -0.3 is 14.7 Å². The first-order valence-electron chi connectivity index (χ1n) is 7.88. The molecular formula is C16H18ClN5O3. The van der Waals surface area contributed by atoms with E-state index in [1.54, 1.807) is 36.2 Å². The molecule has 2 aromatic rings. The van der Waals surface area contributed by atoms with Gasteiger partial charge in [0.25, 0.3) is 5.91 Å². The lowest BCUT2D eigenvalue weighted by molar-refractivity contribution is -0.117. The molecule has 2 amide bonds. The van der Waals surface area contributed by atoms with Gasteiger partial charge >= 0.3 is 0 Å². The maximum Gasteiger partial charge on any atom is 0.292 e. The van der Waals surface area contributed by atoms with Crippen molar-refractivity contribution in [2.24, 2.45) is 0 Å². The minimum atomic E-state index is -0.174. The number of pyridine rings is 1. The third-order valence-corrected chi connectivity index (χ3v) is 4.20. The summed E-state index contributed by atoms with van der Waals surface area (Å²) in [7, 11) is 0. The Morgan fingerprint density at radius 3 is 2.72 bits per heavy atom. The van der Waals surface area contributed by atoms with E-state index in [-0.39, 0.29) is 29.3 Å². The summed E-state index contributed by atoms with van der Waals surface area (Å²) in [6.45, 7) is 4.26. The summed E-state index contributed by atoms with van der Waals surface area (Å²) >= 11 is 5.93. The van der Waals surface area contributed by atoms with Gasteiger partial charge in [0, 0.05) is 38.4 Å². The van der Waals surface area contributed by atoms with E-state index < -0.39 is 0 Å². The molecule has 3 rings (SSSR count). The largest absolute Gasteiger partial charge is 0.351 e. The van der Waals surface area contributed by atoms with Crippen molar-refractivity contribution in [3.05, 3.63) is 41.0 Å². The van der Waals surface area contributed by atoms with Crippen molar-refractivity contribution in [2.45, 2.75) is 6.92 Å². The molecule has 1 aliphatic rings. The molecule has 132 valence electrons. The Morgan fingerprint density at radius 2 is 2.08 bits per heavy atom. The molecule has 0 saturated carbocycles. The number of aromatic nitrogens is 2. The van der Waals surface area contributed by atoms with Crippen LogP contribution in [-0.4, -0.2) is 64.5 Å². The van der Waals surface area contributed by atoms with Crippen LogP contribution in [0.15, 0.2) is 28.9 Å². The Balaban J connectivity index is 1.48. The van der Waals surface area contributed by atoms with Crippen LogP contribution < -0.4 is 5.32 Å². The number of nitrogens with one attached hydrogen (secondary N) is 1. The van der Waals surface area contributed by atoms with Gasteiger partial charge in [0.2, 0.25) is 11.7 Å². The van der Waals surface area contributed by atoms with E-state index in [2.05, 4.69) is 15.5 Å². The Bertz CT molecular complexity index is 771. The van der Waals surface area contributed by atoms with Gasteiger partial charge in [-0.25, -0.2) is 4.98 Å². The summed E-state index contributed by atoms with van der Waals surface area (Å²) in [5.74, 6) is -0.0951. The van der Waals surface area contributed by atoms with Gasteiger partial charge in [-0.05, 0) is 19.1 Å². The average Bonchev–Trinajstić information content (AvgIpc) is 3.03. The Kier molecular flexibility index (Phi) is 5.30. The van der Waals surface area contributed by atoms with Crippen molar-refractivity contribution in [3.8, 4) is 0 Å². The van der Waals surface area contributed by atoms with Crippen LogP contribution in [0.4, 0.5) is 5.69 Å². The van der Waals surface area contributed by atoms with Crippen molar-refractivity contribution in [2.75, 3.05) is 38.0 Å². The second-order valence-corrected chi connectivity index (χ2v) is 6.15. The molecule has 0 spiro atoms. The molecule has 1 fully saturated rings. The van der Waals surface area contributed by atoms with E-state index in [1.165, 1.54) is 0 Å². The summed E-state index contributed by atoms with van der Waals surface area (Å²) in [5, 5.41) is 6.73. The lowest BCUT2D eigenvalue weighted by atomic mass is 10.2. The highest BCUT2D eigenvalue weighted by molar-refractivity contribution is 6.32. The van der Waals surface area contributed by atoms with Crippen molar-refractivity contribution < 1.29 is 14.1 Å². The van der Waals surface area contributed by atoms with Gasteiger partial charge in [0.1, 0.15) is 0 Å². The minimum absolute atomic E-state index is 0.166. The first-order valence-corrected chi connectivity index (χ1v) is 8.26. The fraction of sp³-hybridized carbons (Fsp3) is 0.375. The third-order valence-electron chi connectivity index (χ3n) is 3.90. The Hall–Kier alpha value is -2.45. The summed E-state index contributed by atoms with van der Waals surface area (Å²) in [6.07, 6.45) is 1.56. The van der Waals surface area contributed by atoms with Gasteiger partial charge in [-0.3, -0.25) is 14.5 Å². The van der Waals surface area contributed by atoms with E-state index in [0.717, 1.165) is 0 Å². The zero-order valence-corrected chi connectivity index (χ0v) is 14.5. The van der Waals surface area contributed by atoms with Crippen LogP contribution in [-0.2, 0) is 4.79 Å². The topological polar surface area (TPSA) is 91.6 Å². The van der Waals surface area contributed by atoms with Crippen molar-refractivity contribution in [1.29, 1.82) is 0 Å². The monoisotopic (exact) mass is 363 g/mol. The van der Waals surface area contributed by atoms with Gasteiger partial charge in [-0.1, -0.05) is 16.8 Å². The first-order chi connectivity index (χ1) is 12.0. The van der Waals surface area contributed by atoms with Gasteiger partial charge in [0.05, 0.1) is 17.9 Å². The molecule has 0 unspecified atom stereocenters. The van der Waals surface area contributed by atoms with E-state index in [1.807, 2.05) is 4.90 Å². The van der Waals surface area contributed by atoms with Crippen molar-refractivity contribution in [3.63, 3.8) is 0 Å². The highest BCUT2D eigenvalue weighted by Gasteiger charge is 2.25. The normalized spacial score (nSPS) is 15.2. The maximum atomic E-state index is 12.3. The van der Waals surface area contributed by atoms with E-state index in [4.69, 9.17) is 16.1 Å². The fourth-order valence-electron chi connectivity index (χ4n) is 2.60. The lowest BCUT2D eigenvalue weighted by Crippen LogP contribution is -2.50. The number of rotatable bonds is 4. The smallest absolute Gasteiger partial charge is 0.292 e. The van der Waals surface area contributed by atoms with Gasteiger partial charge in [0.15, 0.2) is 5.15 Å². The number of aryl methyl sites for hydroxylation is 1. The van der Waals surface area contributed by atoms with Crippen LogP contribution in [0, 0.1) is 6.92 Å². The molecule has 0 aliphatic carbocycles. The standard InChI is InChI=1S/C16H18ClN5O3/c1-11-9-13(25-20-11)16(24)22-7-5-21(6-8-22)10-14(23)19-12-3-2-4-18-15(12)17/h2-4,9H,5-8,10H2,1H3,(H,19,23). The van der Waals surface area contributed by atoms with Crippen LogP contribution in [0.5, 0.6) is 0 Å². The van der Waals surface area contributed by atoms with E-state index in [9.17, 15) is 9.59 Å². The van der Waals surface area contributed by atoms with Crippen LogP contribution in [0.2, 0.25) is 5.15 Å². The highest BCUT2D eigenvalue weighted by Crippen LogP contribution is 2.17. The molecule has 0 bridgehead atoms. The number of carbonyl (C=O) groups is 2. The zero-order chi connectivity index (χ0) is 17.8.